The van der Waals surface area contributed by atoms with Gasteiger partial charge in [0, 0.05) is 0 Å². The maximum Gasteiger partial charge on any atom is 0.338 e. The Kier molecular flexibility index (Phi) is 5.71. The number of halogens is 1. The molecule has 0 aliphatic heterocycles. The molecule has 0 aliphatic rings. The average Bonchev–Trinajstić information content (AvgIpc) is 2.65. The molecule has 0 aliphatic carbocycles. The van der Waals surface area contributed by atoms with E-state index in [9.17, 15) is 4.79 Å². The van der Waals surface area contributed by atoms with Crippen LogP contribution in [0.4, 0.5) is 0 Å². The number of carbonyl (C=O) groups excluding carboxylic acids is 1. The first kappa shape index (κ1) is 17.5. The number of rotatable bonds is 6. The van der Waals surface area contributed by atoms with Gasteiger partial charge in [-0.3, -0.25) is 0 Å². The quantitative estimate of drug-likeness (QED) is 0.292. The molecule has 3 rings (SSSR count). The van der Waals surface area contributed by atoms with Crippen LogP contribution in [0.3, 0.4) is 0 Å². The van der Waals surface area contributed by atoms with Gasteiger partial charge in [0.25, 0.3) is 0 Å². The summed E-state index contributed by atoms with van der Waals surface area (Å²) in [4.78, 5) is 11.9. The van der Waals surface area contributed by atoms with E-state index in [0.29, 0.717) is 12.2 Å². The van der Waals surface area contributed by atoms with E-state index in [4.69, 9.17) is 9.47 Å². The summed E-state index contributed by atoms with van der Waals surface area (Å²) in [5.74, 6) is 0.382. The minimum absolute atomic E-state index is 0.203. The van der Waals surface area contributed by atoms with Crippen LogP contribution in [-0.4, -0.2) is 12.6 Å². The second-order valence-corrected chi connectivity index (χ2v) is 6.62. The van der Waals surface area contributed by atoms with Crippen molar-refractivity contribution in [3.05, 3.63) is 88.0 Å². The number of benzene rings is 3. The van der Waals surface area contributed by atoms with Gasteiger partial charge in [-0.2, -0.15) is 0 Å². The van der Waals surface area contributed by atoms with E-state index < -0.39 is 0 Å². The summed E-state index contributed by atoms with van der Waals surface area (Å²) in [7, 11) is 0. The van der Waals surface area contributed by atoms with Gasteiger partial charge in [-0.1, -0.05) is 55.1 Å². The van der Waals surface area contributed by atoms with Crippen molar-refractivity contribution in [1.82, 2.24) is 0 Å². The molecule has 0 radical (unpaired) electrons. The fourth-order valence-corrected chi connectivity index (χ4v) is 3.21. The summed E-state index contributed by atoms with van der Waals surface area (Å²) in [6, 6.07) is 19.7. The first-order chi connectivity index (χ1) is 12.2. The van der Waals surface area contributed by atoms with Crippen molar-refractivity contribution in [2.24, 2.45) is 0 Å². The Hall–Kier alpha value is -2.34. The minimum Gasteiger partial charge on any atom is -0.488 e. The summed E-state index contributed by atoms with van der Waals surface area (Å²) in [6.07, 6.45) is 1.55. The molecule has 0 N–H and O–H groups in total. The Balaban J connectivity index is 1.75. The molecule has 0 saturated heterocycles. The lowest BCUT2D eigenvalue weighted by atomic mass is 10.1. The molecule has 3 nitrogen and oxygen atoms in total. The van der Waals surface area contributed by atoms with Gasteiger partial charge in [0.05, 0.1) is 9.13 Å². The van der Waals surface area contributed by atoms with Crippen LogP contribution >= 0.6 is 22.6 Å². The molecule has 0 unspecified atom stereocenters. The van der Waals surface area contributed by atoms with Crippen LogP contribution in [0, 0.1) is 3.57 Å². The van der Waals surface area contributed by atoms with E-state index in [1.54, 1.807) is 24.3 Å². The van der Waals surface area contributed by atoms with Crippen molar-refractivity contribution >= 4 is 39.3 Å². The summed E-state index contributed by atoms with van der Waals surface area (Å²) in [6.45, 7) is 4.21. The molecule has 0 bridgehead atoms. The Morgan fingerprint density at radius 1 is 1.08 bits per heavy atom. The SMILES string of the molecule is C=CCOC(=O)c1ccc(OCc2cccc3ccccc23)c(I)c1. The first-order valence-corrected chi connectivity index (χ1v) is 8.94. The maximum atomic E-state index is 11.9. The number of esters is 1. The highest BCUT2D eigenvalue weighted by Crippen LogP contribution is 2.25. The largest absolute Gasteiger partial charge is 0.488 e. The molecular formula is C21H17IO3. The van der Waals surface area contributed by atoms with Gasteiger partial charge in [-0.15, -0.1) is 0 Å². The molecular weight excluding hydrogens is 427 g/mol. The van der Waals surface area contributed by atoms with E-state index >= 15 is 0 Å². The Morgan fingerprint density at radius 3 is 2.68 bits per heavy atom. The van der Waals surface area contributed by atoms with E-state index in [1.165, 1.54) is 10.8 Å². The zero-order valence-electron chi connectivity index (χ0n) is 13.6. The molecule has 126 valence electrons. The summed E-state index contributed by atoms with van der Waals surface area (Å²) in [5.41, 5.74) is 1.63. The van der Waals surface area contributed by atoms with E-state index in [1.807, 2.05) is 18.2 Å². The molecule has 0 heterocycles. The predicted octanol–water partition coefficient (Wildman–Crippen LogP) is 5.37. The molecule has 0 aromatic heterocycles. The summed E-state index contributed by atoms with van der Waals surface area (Å²) >= 11 is 2.16. The normalized spacial score (nSPS) is 10.4. The van der Waals surface area contributed by atoms with Crippen LogP contribution in [0.25, 0.3) is 10.8 Å². The van der Waals surface area contributed by atoms with Crippen LogP contribution in [-0.2, 0) is 11.3 Å². The number of fused-ring (bicyclic) bond motifs is 1. The standard InChI is InChI=1S/C21H17IO3/c1-2-12-24-21(23)16-10-11-20(19(22)13-16)25-14-17-8-5-7-15-6-3-4-9-18(15)17/h2-11,13H,1,12,14H2. The average molecular weight is 444 g/mol. The highest BCUT2D eigenvalue weighted by molar-refractivity contribution is 14.1. The maximum absolute atomic E-state index is 11.9. The lowest BCUT2D eigenvalue weighted by molar-refractivity contribution is 0.0549. The van der Waals surface area contributed by atoms with Crippen molar-refractivity contribution in [2.45, 2.75) is 6.61 Å². The van der Waals surface area contributed by atoms with Crippen molar-refractivity contribution in [3.8, 4) is 5.75 Å². The van der Waals surface area contributed by atoms with Crippen molar-refractivity contribution < 1.29 is 14.3 Å². The zero-order chi connectivity index (χ0) is 17.6. The molecule has 25 heavy (non-hydrogen) atoms. The third-order valence-corrected chi connectivity index (χ3v) is 4.61. The van der Waals surface area contributed by atoms with Gasteiger partial charge >= 0.3 is 5.97 Å². The van der Waals surface area contributed by atoms with Crippen LogP contribution in [0.1, 0.15) is 15.9 Å². The predicted molar refractivity (Wildman–Crippen MR) is 108 cm³/mol. The van der Waals surface area contributed by atoms with E-state index in [2.05, 4.69) is 53.4 Å². The van der Waals surface area contributed by atoms with Crippen LogP contribution in [0.2, 0.25) is 0 Å². The molecule has 4 heteroatoms. The molecule has 0 atom stereocenters. The van der Waals surface area contributed by atoms with Crippen LogP contribution < -0.4 is 4.74 Å². The third kappa shape index (κ3) is 4.20. The number of hydrogen-bond donors (Lipinski definition) is 0. The van der Waals surface area contributed by atoms with Gasteiger partial charge in [0.15, 0.2) is 0 Å². The molecule has 0 saturated carbocycles. The topological polar surface area (TPSA) is 35.5 Å². The lowest BCUT2D eigenvalue weighted by Crippen LogP contribution is -2.06. The van der Waals surface area contributed by atoms with Crippen molar-refractivity contribution in [1.29, 1.82) is 0 Å². The number of hydrogen-bond acceptors (Lipinski definition) is 3. The van der Waals surface area contributed by atoms with Gasteiger partial charge in [-0.25, -0.2) is 4.79 Å². The number of carbonyl (C=O) groups is 1. The van der Waals surface area contributed by atoms with E-state index in [-0.39, 0.29) is 12.6 Å². The Labute approximate surface area is 160 Å². The van der Waals surface area contributed by atoms with Crippen molar-refractivity contribution in [3.63, 3.8) is 0 Å². The Morgan fingerprint density at radius 2 is 1.88 bits per heavy atom. The first-order valence-electron chi connectivity index (χ1n) is 7.86. The lowest BCUT2D eigenvalue weighted by Gasteiger charge is -2.11. The van der Waals surface area contributed by atoms with Gasteiger partial charge in [0.2, 0.25) is 0 Å². The monoisotopic (exact) mass is 444 g/mol. The zero-order valence-corrected chi connectivity index (χ0v) is 15.7. The third-order valence-electron chi connectivity index (χ3n) is 3.76. The minimum atomic E-state index is -0.363. The fourth-order valence-electron chi connectivity index (χ4n) is 2.54. The number of ether oxygens (including phenoxy) is 2. The second kappa shape index (κ2) is 8.16. The molecule has 0 fully saturated rings. The van der Waals surface area contributed by atoms with Gasteiger partial charge < -0.3 is 9.47 Å². The van der Waals surface area contributed by atoms with Crippen LogP contribution in [0.15, 0.2) is 73.3 Å². The molecule has 0 amide bonds. The van der Waals surface area contributed by atoms with Gasteiger partial charge in [0.1, 0.15) is 19.0 Å². The van der Waals surface area contributed by atoms with Crippen LogP contribution in [0.5, 0.6) is 5.75 Å². The molecule has 0 spiro atoms. The van der Waals surface area contributed by atoms with Gasteiger partial charge in [-0.05, 0) is 57.1 Å². The van der Waals surface area contributed by atoms with E-state index in [0.717, 1.165) is 14.9 Å². The van der Waals surface area contributed by atoms with Crippen molar-refractivity contribution in [2.75, 3.05) is 6.61 Å². The molecule has 3 aromatic carbocycles. The summed E-state index contributed by atoms with van der Waals surface area (Å²) < 4.78 is 11.9. The fraction of sp³-hybridized carbons (Fsp3) is 0.0952. The summed E-state index contributed by atoms with van der Waals surface area (Å²) in [5, 5.41) is 2.38. The highest BCUT2D eigenvalue weighted by atomic mass is 127. The highest BCUT2D eigenvalue weighted by Gasteiger charge is 2.10. The smallest absolute Gasteiger partial charge is 0.338 e. The molecule has 3 aromatic rings. The Bertz CT molecular complexity index is 913. The second-order valence-electron chi connectivity index (χ2n) is 5.46.